The number of hydrogen-bond acceptors (Lipinski definition) is 5. The molecule has 0 unspecified atom stereocenters. The van der Waals surface area contributed by atoms with Crippen molar-refractivity contribution in [3.8, 4) is 16.2 Å². The lowest BCUT2D eigenvalue weighted by atomic mass is 10.1. The lowest BCUT2D eigenvalue weighted by molar-refractivity contribution is 0.103. The zero-order valence-electron chi connectivity index (χ0n) is 14.2. The van der Waals surface area contributed by atoms with Gasteiger partial charge in [0.25, 0.3) is 5.91 Å². The minimum Gasteiger partial charge on any atom is -0.495 e. The maximum Gasteiger partial charge on any atom is 0.265 e. The molecule has 4 rings (SSSR count). The third-order valence-electron chi connectivity index (χ3n) is 4.25. The number of sulfone groups is 1. The fraction of sp³-hybridized carbons (Fsp3) is 0.105. The Labute approximate surface area is 165 Å². The van der Waals surface area contributed by atoms with Crippen LogP contribution in [0.2, 0.25) is 5.02 Å². The highest BCUT2D eigenvalue weighted by Gasteiger charge is 2.30. The van der Waals surface area contributed by atoms with Crippen LogP contribution in [0.25, 0.3) is 10.4 Å². The molecular formula is C19H14ClNO4S2. The first-order valence-electron chi connectivity index (χ1n) is 7.99. The molecule has 1 aliphatic heterocycles. The summed E-state index contributed by atoms with van der Waals surface area (Å²) in [6, 6.07) is 13.5. The summed E-state index contributed by atoms with van der Waals surface area (Å²) in [5, 5.41) is 3.18. The van der Waals surface area contributed by atoms with Gasteiger partial charge < -0.3 is 10.1 Å². The van der Waals surface area contributed by atoms with E-state index in [0.29, 0.717) is 37.4 Å². The molecule has 1 aliphatic rings. The third kappa shape index (κ3) is 3.22. The predicted octanol–water partition coefficient (Wildman–Crippen LogP) is 4.62. The van der Waals surface area contributed by atoms with Crippen molar-refractivity contribution in [2.24, 2.45) is 0 Å². The number of benzene rings is 2. The molecule has 2 aromatic carbocycles. The number of anilines is 1. The van der Waals surface area contributed by atoms with Gasteiger partial charge in [-0.15, -0.1) is 11.3 Å². The summed E-state index contributed by atoms with van der Waals surface area (Å²) in [7, 11) is -1.88. The van der Waals surface area contributed by atoms with Crippen molar-refractivity contribution in [3.05, 3.63) is 64.0 Å². The third-order valence-corrected chi connectivity index (χ3v) is 7.48. The standard InChI is InChI=1S/C19H14ClNO4S2/c1-25-15-7-6-12(9-14(15)20)21-19(22)16-8-11-10-27(23,24)17-5-3-2-4-13(17)18(11)26-16/h2-9H,10H2,1H3,(H,21,22). The molecule has 138 valence electrons. The van der Waals surface area contributed by atoms with Gasteiger partial charge >= 0.3 is 0 Å². The summed E-state index contributed by atoms with van der Waals surface area (Å²) >= 11 is 7.37. The van der Waals surface area contributed by atoms with Crippen LogP contribution >= 0.6 is 22.9 Å². The molecule has 1 amide bonds. The van der Waals surface area contributed by atoms with E-state index in [1.54, 1.807) is 48.5 Å². The van der Waals surface area contributed by atoms with Crippen LogP contribution in [0.1, 0.15) is 15.2 Å². The van der Waals surface area contributed by atoms with Crippen LogP contribution in [-0.4, -0.2) is 21.4 Å². The lowest BCUT2D eigenvalue weighted by Crippen LogP contribution is -2.11. The van der Waals surface area contributed by atoms with Crippen molar-refractivity contribution in [1.29, 1.82) is 0 Å². The van der Waals surface area contributed by atoms with Gasteiger partial charge in [-0.25, -0.2) is 8.42 Å². The number of methoxy groups -OCH3 is 1. The van der Waals surface area contributed by atoms with E-state index in [0.717, 1.165) is 4.88 Å². The molecule has 27 heavy (non-hydrogen) atoms. The molecule has 3 aromatic rings. The molecule has 0 saturated heterocycles. The highest BCUT2D eigenvalue weighted by Crippen LogP contribution is 2.42. The fourth-order valence-corrected chi connectivity index (χ4v) is 6.13. The number of carbonyl (C=O) groups is 1. The maximum atomic E-state index is 12.6. The predicted molar refractivity (Wildman–Crippen MR) is 107 cm³/mol. The SMILES string of the molecule is COc1ccc(NC(=O)c2cc3c(s2)-c2ccccc2S(=O)(=O)C3)cc1Cl. The van der Waals surface area contributed by atoms with Crippen LogP contribution in [0.4, 0.5) is 5.69 Å². The summed E-state index contributed by atoms with van der Waals surface area (Å²) in [6.07, 6.45) is 0. The van der Waals surface area contributed by atoms with Crippen molar-refractivity contribution in [2.45, 2.75) is 10.6 Å². The first-order chi connectivity index (χ1) is 12.9. The number of hydrogen-bond donors (Lipinski definition) is 1. The van der Waals surface area contributed by atoms with E-state index in [9.17, 15) is 13.2 Å². The van der Waals surface area contributed by atoms with Gasteiger partial charge in [-0.2, -0.15) is 0 Å². The molecule has 0 fully saturated rings. The van der Waals surface area contributed by atoms with Crippen molar-refractivity contribution in [2.75, 3.05) is 12.4 Å². The van der Waals surface area contributed by atoms with Gasteiger partial charge in [0, 0.05) is 16.1 Å². The Morgan fingerprint density at radius 1 is 1.19 bits per heavy atom. The minimum absolute atomic E-state index is 0.0997. The molecule has 0 radical (unpaired) electrons. The van der Waals surface area contributed by atoms with Gasteiger partial charge in [-0.1, -0.05) is 29.8 Å². The van der Waals surface area contributed by atoms with Crippen LogP contribution in [-0.2, 0) is 15.6 Å². The first kappa shape index (κ1) is 18.0. The van der Waals surface area contributed by atoms with Crippen LogP contribution < -0.4 is 10.1 Å². The molecule has 0 spiro atoms. The Kier molecular flexibility index (Phi) is 4.46. The summed E-state index contributed by atoms with van der Waals surface area (Å²) in [5.41, 5.74) is 1.83. The van der Waals surface area contributed by atoms with Crippen LogP contribution in [0.5, 0.6) is 5.75 Å². The largest absolute Gasteiger partial charge is 0.495 e. The molecule has 8 heteroatoms. The highest BCUT2D eigenvalue weighted by molar-refractivity contribution is 7.91. The molecule has 0 atom stereocenters. The average Bonchev–Trinajstić information content (AvgIpc) is 3.05. The zero-order chi connectivity index (χ0) is 19.2. The number of ether oxygens (including phenoxy) is 1. The van der Waals surface area contributed by atoms with E-state index in [-0.39, 0.29) is 11.7 Å². The Bertz CT molecular complexity index is 1170. The van der Waals surface area contributed by atoms with Gasteiger partial charge in [0.15, 0.2) is 9.84 Å². The van der Waals surface area contributed by atoms with Crippen LogP contribution in [0, 0.1) is 0 Å². The molecule has 0 bridgehead atoms. The highest BCUT2D eigenvalue weighted by atomic mass is 35.5. The molecule has 2 heterocycles. The van der Waals surface area contributed by atoms with Crippen LogP contribution in [0.3, 0.4) is 0 Å². The van der Waals surface area contributed by atoms with Crippen molar-refractivity contribution >= 4 is 44.4 Å². The number of nitrogens with one attached hydrogen (secondary N) is 1. The van der Waals surface area contributed by atoms with E-state index < -0.39 is 9.84 Å². The smallest absolute Gasteiger partial charge is 0.265 e. The molecule has 1 N–H and O–H groups in total. The number of fused-ring (bicyclic) bond motifs is 3. The average molecular weight is 420 g/mol. The number of rotatable bonds is 3. The normalized spacial score (nSPS) is 14.1. The van der Waals surface area contributed by atoms with E-state index >= 15 is 0 Å². The summed E-state index contributed by atoms with van der Waals surface area (Å²) in [5.74, 6) is 0.103. The van der Waals surface area contributed by atoms with E-state index in [1.165, 1.54) is 18.4 Å². The first-order valence-corrected chi connectivity index (χ1v) is 10.8. The second-order valence-corrected chi connectivity index (χ2v) is 9.44. The molecule has 1 aromatic heterocycles. The molecular weight excluding hydrogens is 406 g/mol. The molecule has 0 aliphatic carbocycles. The van der Waals surface area contributed by atoms with Crippen molar-refractivity contribution in [1.82, 2.24) is 0 Å². The minimum atomic E-state index is -3.40. The Morgan fingerprint density at radius 3 is 2.70 bits per heavy atom. The maximum absolute atomic E-state index is 12.6. The quantitative estimate of drug-likeness (QED) is 0.672. The number of carbonyl (C=O) groups excluding carboxylic acids is 1. The number of halogens is 1. The second-order valence-electron chi connectivity index (χ2n) is 6.02. The monoisotopic (exact) mass is 419 g/mol. The Hall–Kier alpha value is -2.35. The van der Waals surface area contributed by atoms with Crippen LogP contribution in [0.15, 0.2) is 53.4 Å². The number of amides is 1. The van der Waals surface area contributed by atoms with E-state index in [1.807, 2.05) is 0 Å². The molecule has 5 nitrogen and oxygen atoms in total. The molecule has 0 saturated carbocycles. The topological polar surface area (TPSA) is 72.5 Å². The van der Waals surface area contributed by atoms with Crippen molar-refractivity contribution in [3.63, 3.8) is 0 Å². The van der Waals surface area contributed by atoms with Gasteiger partial charge in [0.05, 0.1) is 27.7 Å². The van der Waals surface area contributed by atoms with Gasteiger partial charge in [-0.3, -0.25) is 4.79 Å². The zero-order valence-corrected chi connectivity index (χ0v) is 16.5. The number of thiophene rings is 1. The van der Waals surface area contributed by atoms with E-state index in [2.05, 4.69) is 5.32 Å². The fourth-order valence-electron chi connectivity index (χ4n) is 3.02. The lowest BCUT2D eigenvalue weighted by Gasteiger charge is -2.15. The van der Waals surface area contributed by atoms with Gasteiger partial charge in [0.1, 0.15) is 5.75 Å². The van der Waals surface area contributed by atoms with E-state index in [4.69, 9.17) is 16.3 Å². The summed E-state index contributed by atoms with van der Waals surface area (Å²) < 4.78 is 30.1. The Balaban J connectivity index is 1.67. The van der Waals surface area contributed by atoms with Gasteiger partial charge in [-0.05, 0) is 35.9 Å². The summed E-state index contributed by atoms with van der Waals surface area (Å²) in [6.45, 7) is 0. The second kappa shape index (κ2) is 6.67. The Morgan fingerprint density at radius 2 is 1.96 bits per heavy atom. The van der Waals surface area contributed by atoms with Crippen molar-refractivity contribution < 1.29 is 17.9 Å². The summed E-state index contributed by atoms with van der Waals surface area (Å²) in [4.78, 5) is 14.2. The van der Waals surface area contributed by atoms with Gasteiger partial charge in [0.2, 0.25) is 0 Å².